The quantitative estimate of drug-likeness (QED) is 0.889. The number of rotatable bonds is 4. The molecule has 1 aliphatic heterocycles. The molecule has 0 unspecified atom stereocenters. The Morgan fingerprint density at radius 2 is 2.15 bits per heavy atom. The topological polar surface area (TPSA) is 84.4 Å². The highest BCUT2D eigenvalue weighted by Gasteiger charge is 2.26. The van der Waals surface area contributed by atoms with E-state index in [0.717, 1.165) is 29.1 Å². The predicted octanol–water partition coefficient (Wildman–Crippen LogP) is 2.86. The van der Waals surface area contributed by atoms with Gasteiger partial charge in [0.2, 0.25) is 0 Å². The highest BCUT2D eigenvalue weighted by atomic mass is 32.1. The lowest BCUT2D eigenvalue weighted by atomic mass is 10.1. The molecule has 1 N–H and O–H groups in total. The maximum atomic E-state index is 12.6. The Morgan fingerprint density at radius 3 is 2.81 bits per heavy atom. The van der Waals surface area contributed by atoms with Gasteiger partial charge in [-0.2, -0.15) is 0 Å². The molecule has 2 amide bonds. The van der Waals surface area contributed by atoms with Gasteiger partial charge in [0.25, 0.3) is 5.91 Å². The maximum absolute atomic E-state index is 12.6. The van der Waals surface area contributed by atoms with E-state index in [1.54, 1.807) is 24.2 Å². The lowest BCUT2D eigenvalue weighted by Gasteiger charge is -2.31. The zero-order valence-corrected chi connectivity index (χ0v) is 15.7. The number of likely N-dealkylation sites (tertiary alicyclic amines) is 1. The minimum absolute atomic E-state index is 0.0523. The van der Waals surface area contributed by atoms with E-state index in [1.807, 2.05) is 19.1 Å². The molecule has 26 heavy (non-hydrogen) atoms. The standard InChI is InChI=1S/C18H22N4O3S/c1-3-25-18(24)22-9-6-14(7-10-22)21-16(23)15-12(2)20-17(26-15)13-5-4-8-19-11-13/h4-5,8,11,14H,3,6-7,9-10H2,1-2H3,(H,21,23). The lowest BCUT2D eigenvalue weighted by Crippen LogP contribution is -2.46. The second kappa shape index (κ2) is 8.27. The van der Waals surface area contributed by atoms with Crippen molar-refractivity contribution in [3.8, 4) is 10.6 Å². The van der Waals surface area contributed by atoms with Crippen molar-refractivity contribution in [2.45, 2.75) is 32.7 Å². The van der Waals surface area contributed by atoms with Gasteiger partial charge in [-0.1, -0.05) is 0 Å². The number of carbonyl (C=O) groups excluding carboxylic acids is 2. The molecular formula is C18H22N4O3S. The van der Waals surface area contributed by atoms with Crippen molar-refractivity contribution >= 4 is 23.3 Å². The number of aryl methyl sites for hydroxylation is 1. The van der Waals surface area contributed by atoms with Gasteiger partial charge in [-0.05, 0) is 38.8 Å². The number of thiazole rings is 1. The molecule has 1 saturated heterocycles. The molecule has 0 aromatic carbocycles. The first-order chi connectivity index (χ1) is 12.6. The van der Waals surface area contributed by atoms with Gasteiger partial charge >= 0.3 is 6.09 Å². The van der Waals surface area contributed by atoms with Crippen molar-refractivity contribution in [1.29, 1.82) is 0 Å². The van der Waals surface area contributed by atoms with Crippen molar-refractivity contribution < 1.29 is 14.3 Å². The van der Waals surface area contributed by atoms with Gasteiger partial charge < -0.3 is 15.0 Å². The fraction of sp³-hybridized carbons (Fsp3) is 0.444. The summed E-state index contributed by atoms with van der Waals surface area (Å²) in [6.07, 6.45) is 4.61. The van der Waals surface area contributed by atoms with E-state index < -0.39 is 0 Å². The van der Waals surface area contributed by atoms with Gasteiger partial charge in [0.15, 0.2) is 0 Å². The summed E-state index contributed by atoms with van der Waals surface area (Å²) < 4.78 is 5.02. The first kappa shape index (κ1) is 18.3. The Bertz CT molecular complexity index is 770. The SMILES string of the molecule is CCOC(=O)N1CCC(NC(=O)c2sc(-c3cccnc3)nc2C)CC1. The molecule has 7 nitrogen and oxygen atoms in total. The van der Waals surface area contributed by atoms with E-state index in [2.05, 4.69) is 15.3 Å². The minimum atomic E-state index is -0.281. The van der Waals surface area contributed by atoms with Gasteiger partial charge in [0, 0.05) is 37.1 Å². The summed E-state index contributed by atoms with van der Waals surface area (Å²) in [6, 6.07) is 3.83. The number of pyridine rings is 1. The number of amides is 2. The Labute approximate surface area is 156 Å². The van der Waals surface area contributed by atoms with Crippen LogP contribution in [0.3, 0.4) is 0 Å². The molecule has 0 bridgehead atoms. The smallest absolute Gasteiger partial charge is 0.409 e. The average molecular weight is 374 g/mol. The third-order valence-electron chi connectivity index (χ3n) is 4.27. The number of hydrogen-bond donors (Lipinski definition) is 1. The molecule has 2 aromatic heterocycles. The van der Waals surface area contributed by atoms with Crippen molar-refractivity contribution in [2.75, 3.05) is 19.7 Å². The Balaban J connectivity index is 1.59. The van der Waals surface area contributed by atoms with Crippen LogP contribution < -0.4 is 5.32 Å². The summed E-state index contributed by atoms with van der Waals surface area (Å²) in [5, 5.41) is 3.86. The van der Waals surface area contributed by atoms with E-state index in [0.29, 0.717) is 24.6 Å². The predicted molar refractivity (Wildman–Crippen MR) is 99.2 cm³/mol. The highest BCUT2D eigenvalue weighted by Crippen LogP contribution is 2.27. The van der Waals surface area contributed by atoms with E-state index in [4.69, 9.17) is 4.74 Å². The van der Waals surface area contributed by atoms with Crippen LogP contribution in [-0.4, -0.2) is 52.6 Å². The number of nitrogens with zero attached hydrogens (tertiary/aromatic N) is 3. The first-order valence-electron chi connectivity index (χ1n) is 8.69. The minimum Gasteiger partial charge on any atom is -0.450 e. The Morgan fingerprint density at radius 1 is 1.38 bits per heavy atom. The van der Waals surface area contributed by atoms with Crippen LogP contribution in [-0.2, 0) is 4.74 Å². The van der Waals surface area contributed by atoms with Crippen LogP contribution in [0.4, 0.5) is 4.79 Å². The summed E-state index contributed by atoms with van der Waals surface area (Å²) in [6.45, 7) is 5.19. The Kier molecular flexibility index (Phi) is 5.82. The molecule has 1 aliphatic rings. The zero-order chi connectivity index (χ0) is 18.5. The molecule has 0 spiro atoms. The van der Waals surface area contributed by atoms with Crippen molar-refractivity contribution in [1.82, 2.24) is 20.2 Å². The molecule has 3 rings (SSSR count). The molecule has 0 radical (unpaired) electrons. The number of carbonyl (C=O) groups is 2. The summed E-state index contributed by atoms with van der Waals surface area (Å²) in [4.78, 5) is 35.3. The largest absolute Gasteiger partial charge is 0.450 e. The van der Waals surface area contributed by atoms with Crippen molar-refractivity contribution in [3.63, 3.8) is 0 Å². The molecule has 2 aromatic rings. The summed E-state index contributed by atoms with van der Waals surface area (Å²) in [7, 11) is 0. The molecule has 3 heterocycles. The van der Waals surface area contributed by atoms with E-state index in [-0.39, 0.29) is 18.0 Å². The van der Waals surface area contributed by atoms with Crippen LogP contribution in [0.25, 0.3) is 10.6 Å². The summed E-state index contributed by atoms with van der Waals surface area (Å²) in [5.41, 5.74) is 1.62. The van der Waals surface area contributed by atoms with Crippen LogP contribution in [0, 0.1) is 6.92 Å². The van der Waals surface area contributed by atoms with Crippen LogP contribution in [0.15, 0.2) is 24.5 Å². The second-order valence-electron chi connectivity index (χ2n) is 6.11. The second-order valence-corrected chi connectivity index (χ2v) is 7.11. The van der Waals surface area contributed by atoms with Crippen LogP contribution in [0.1, 0.15) is 35.1 Å². The van der Waals surface area contributed by atoms with E-state index >= 15 is 0 Å². The molecule has 0 aliphatic carbocycles. The van der Waals surface area contributed by atoms with E-state index in [1.165, 1.54) is 11.3 Å². The number of aromatic nitrogens is 2. The lowest BCUT2D eigenvalue weighted by molar-refractivity contribution is 0.0862. The van der Waals surface area contributed by atoms with Crippen LogP contribution in [0.2, 0.25) is 0 Å². The van der Waals surface area contributed by atoms with Crippen molar-refractivity contribution in [2.24, 2.45) is 0 Å². The number of piperidine rings is 1. The summed E-state index contributed by atoms with van der Waals surface area (Å²) >= 11 is 1.37. The fourth-order valence-corrected chi connectivity index (χ4v) is 3.85. The fourth-order valence-electron chi connectivity index (χ4n) is 2.89. The zero-order valence-electron chi connectivity index (χ0n) is 14.9. The highest BCUT2D eigenvalue weighted by molar-refractivity contribution is 7.17. The number of hydrogen-bond acceptors (Lipinski definition) is 6. The molecule has 8 heteroatoms. The van der Waals surface area contributed by atoms with Crippen LogP contribution in [0.5, 0.6) is 0 Å². The summed E-state index contributed by atoms with van der Waals surface area (Å²) in [5.74, 6) is -0.107. The molecule has 1 fully saturated rings. The number of ether oxygens (including phenoxy) is 1. The normalized spacial score (nSPS) is 14.9. The van der Waals surface area contributed by atoms with Gasteiger partial charge in [-0.15, -0.1) is 11.3 Å². The molecule has 138 valence electrons. The maximum Gasteiger partial charge on any atom is 0.409 e. The molecule has 0 atom stereocenters. The Hall–Kier alpha value is -2.48. The average Bonchev–Trinajstić information content (AvgIpc) is 3.05. The monoisotopic (exact) mass is 374 g/mol. The van der Waals surface area contributed by atoms with Gasteiger partial charge in [-0.3, -0.25) is 9.78 Å². The van der Waals surface area contributed by atoms with Gasteiger partial charge in [0.1, 0.15) is 9.88 Å². The molecule has 0 saturated carbocycles. The van der Waals surface area contributed by atoms with Crippen molar-refractivity contribution in [3.05, 3.63) is 35.1 Å². The first-order valence-corrected chi connectivity index (χ1v) is 9.50. The van der Waals surface area contributed by atoms with Gasteiger partial charge in [-0.25, -0.2) is 9.78 Å². The molecular weight excluding hydrogens is 352 g/mol. The van der Waals surface area contributed by atoms with Crippen LogP contribution >= 0.6 is 11.3 Å². The third kappa shape index (κ3) is 4.19. The van der Waals surface area contributed by atoms with E-state index in [9.17, 15) is 9.59 Å². The van der Waals surface area contributed by atoms with Gasteiger partial charge in [0.05, 0.1) is 12.3 Å². The number of nitrogens with one attached hydrogen (secondary N) is 1. The third-order valence-corrected chi connectivity index (χ3v) is 5.47.